The van der Waals surface area contributed by atoms with Gasteiger partial charge in [0.2, 0.25) is 5.96 Å². The maximum Gasteiger partial charge on any atom is 0.214 e. The van der Waals surface area contributed by atoms with Crippen LogP contribution in [0, 0.1) is 12.3 Å². The van der Waals surface area contributed by atoms with Crippen molar-refractivity contribution in [3.05, 3.63) is 42.1 Å². The second kappa shape index (κ2) is 3.57. The Hall–Kier alpha value is -2.10. The average Bonchev–Trinajstić information content (AvgIpc) is 2.62. The van der Waals surface area contributed by atoms with Gasteiger partial charge in [0, 0.05) is 5.56 Å². The second-order valence-electron chi connectivity index (χ2n) is 3.33. The van der Waals surface area contributed by atoms with E-state index in [4.69, 9.17) is 11.1 Å². The summed E-state index contributed by atoms with van der Waals surface area (Å²) in [5.74, 6) is -0.0676. The molecule has 4 heteroatoms. The summed E-state index contributed by atoms with van der Waals surface area (Å²) in [6, 6.07) is 11.7. The Labute approximate surface area is 87.9 Å². The van der Waals surface area contributed by atoms with E-state index in [2.05, 4.69) is 5.10 Å². The van der Waals surface area contributed by atoms with Gasteiger partial charge in [-0.05, 0) is 13.0 Å². The Balaban J connectivity index is 2.58. The van der Waals surface area contributed by atoms with Gasteiger partial charge in [-0.3, -0.25) is 5.41 Å². The summed E-state index contributed by atoms with van der Waals surface area (Å²) in [5, 5.41) is 11.6. The molecular formula is C11H12N4. The molecule has 0 atom stereocenters. The van der Waals surface area contributed by atoms with E-state index < -0.39 is 0 Å². The molecule has 0 saturated carbocycles. The van der Waals surface area contributed by atoms with Crippen molar-refractivity contribution in [1.29, 1.82) is 5.41 Å². The van der Waals surface area contributed by atoms with Gasteiger partial charge in [0.25, 0.3) is 0 Å². The van der Waals surface area contributed by atoms with Gasteiger partial charge in [0.05, 0.1) is 11.4 Å². The van der Waals surface area contributed by atoms with Gasteiger partial charge in [0.1, 0.15) is 0 Å². The molecule has 0 unspecified atom stereocenters. The van der Waals surface area contributed by atoms with E-state index in [0.29, 0.717) is 0 Å². The van der Waals surface area contributed by atoms with Crippen molar-refractivity contribution in [2.24, 2.45) is 5.73 Å². The van der Waals surface area contributed by atoms with Crippen LogP contribution >= 0.6 is 0 Å². The zero-order valence-corrected chi connectivity index (χ0v) is 8.44. The lowest BCUT2D eigenvalue weighted by Crippen LogP contribution is -2.22. The minimum Gasteiger partial charge on any atom is -0.368 e. The largest absolute Gasteiger partial charge is 0.368 e. The van der Waals surface area contributed by atoms with Crippen LogP contribution in [0.4, 0.5) is 0 Å². The maximum absolute atomic E-state index is 7.42. The molecule has 0 aliphatic heterocycles. The molecule has 2 aromatic rings. The van der Waals surface area contributed by atoms with Gasteiger partial charge in [-0.2, -0.15) is 5.10 Å². The molecule has 3 N–H and O–H groups in total. The van der Waals surface area contributed by atoms with Crippen LogP contribution in [0.2, 0.25) is 0 Å². The highest BCUT2D eigenvalue weighted by Crippen LogP contribution is 2.19. The molecule has 1 aromatic heterocycles. The summed E-state index contributed by atoms with van der Waals surface area (Å²) in [5.41, 5.74) is 8.16. The molecule has 0 bridgehead atoms. The van der Waals surface area contributed by atoms with E-state index in [1.165, 1.54) is 4.68 Å². The van der Waals surface area contributed by atoms with Gasteiger partial charge in [0.15, 0.2) is 0 Å². The van der Waals surface area contributed by atoms with E-state index in [9.17, 15) is 0 Å². The Bertz CT molecular complexity index is 485. The van der Waals surface area contributed by atoms with Crippen LogP contribution < -0.4 is 5.73 Å². The fourth-order valence-corrected chi connectivity index (χ4v) is 1.50. The Kier molecular flexibility index (Phi) is 2.25. The van der Waals surface area contributed by atoms with Gasteiger partial charge >= 0.3 is 0 Å². The Morgan fingerprint density at radius 1 is 1.33 bits per heavy atom. The third kappa shape index (κ3) is 1.74. The summed E-state index contributed by atoms with van der Waals surface area (Å²) >= 11 is 0. The standard InChI is InChI=1S/C11H12N4/c1-8-7-10(15(14-8)11(12)13)9-5-3-2-4-6-9/h2-7H,1H3,(H3,12,13). The van der Waals surface area contributed by atoms with E-state index in [-0.39, 0.29) is 5.96 Å². The lowest BCUT2D eigenvalue weighted by molar-refractivity contribution is 0.898. The third-order valence-electron chi connectivity index (χ3n) is 2.13. The quantitative estimate of drug-likeness (QED) is 0.542. The molecule has 0 aliphatic carbocycles. The molecule has 0 saturated heterocycles. The summed E-state index contributed by atoms with van der Waals surface area (Å²) in [6.07, 6.45) is 0. The van der Waals surface area contributed by atoms with Crippen molar-refractivity contribution in [2.75, 3.05) is 0 Å². The molecule has 76 valence electrons. The smallest absolute Gasteiger partial charge is 0.214 e. The minimum absolute atomic E-state index is 0.0676. The van der Waals surface area contributed by atoms with Crippen LogP contribution in [0.3, 0.4) is 0 Å². The minimum atomic E-state index is -0.0676. The summed E-state index contributed by atoms with van der Waals surface area (Å²) in [6.45, 7) is 1.88. The highest BCUT2D eigenvalue weighted by atomic mass is 15.3. The number of aryl methyl sites for hydroxylation is 1. The molecule has 0 spiro atoms. The SMILES string of the molecule is Cc1cc(-c2ccccc2)n(C(=N)N)n1. The summed E-state index contributed by atoms with van der Waals surface area (Å²) in [7, 11) is 0. The molecule has 1 heterocycles. The normalized spacial score (nSPS) is 10.2. The maximum atomic E-state index is 7.42. The molecule has 1 aromatic carbocycles. The second-order valence-corrected chi connectivity index (χ2v) is 3.33. The summed E-state index contributed by atoms with van der Waals surface area (Å²) < 4.78 is 1.44. The van der Waals surface area contributed by atoms with Crippen LogP contribution in [-0.4, -0.2) is 15.7 Å². The van der Waals surface area contributed by atoms with E-state index in [1.54, 1.807) is 0 Å². The lowest BCUT2D eigenvalue weighted by atomic mass is 10.1. The number of nitrogens with zero attached hydrogens (tertiary/aromatic N) is 2. The fourth-order valence-electron chi connectivity index (χ4n) is 1.50. The van der Waals surface area contributed by atoms with Crippen LogP contribution in [0.5, 0.6) is 0 Å². The molecule has 15 heavy (non-hydrogen) atoms. The predicted octanol–water partition coefficient (Wildman–Crippen LogP) is 1.60. The first-order valence-electron chi connectivity index (χ1n) is 4.65. The average molecular weight is 200 g/mol. The number of benzene rings is 1. The van der Waals surface area contributed by atoms with Gasteiger partial charge in [-0.15, -0.1) is 0 Å². The Morgan fingerprint density at radius 3 is 2.60 bits per heavy atom. The number of nitrogens with two attached hydrogens (primary N) is 1. The van der Waals surface area contributed by atoms with Crippen LogP contribution in [0.25, 0.3) is 11.3 Å². The number of hydrogen-bond donors (Lipinski definition) is 2. The first-order chi connectivity index (χ1) is 7.18. The van der Waals surface area contributed by atoms with Crippen LogP contribution in [0.1, 0.15) is 5.69 Å². The van der Waals surface area contributed by atoms with E-state index in [1.807, 2.05) is 43.3 Å². The van der Waals surface area contributed by atoms with Crippen molar-refractivity contribution >= 4 is 5.96 Å². The first kappa shape index (κ1) is 9.45. The van der Waals surface area contributed by atoms with Crippen molar-refractivity contribution < 1.29 is 0 Å². The Morgan fingerprint density at radius 2 is 2.00 bits per heavy atom. The number of nitrogen functional groups attached to an aromatic ring is 1. The molecule has 4 nitrogen and oxygen atoms in total. The summed E-state index contributed by atoms with van der Waals surface area (Å²) in [4.78, 5) is 0. The van der Waals surface area contributed by atoms with Gasteiger partial charge < -0.3 is 5.73 Å². The molecule has 0 radical (unpaired) electrons. The number of aromatic nitrogens is 2. The predicted molar refractivity (Wildman–Crippen MR) is 59.7 cm³/mol. The number of hydrogen-bond acceptors (Lipinski definition) is 2. The van der Waals surface area contributed by atoms with Gasteiger partial charge in [-0.1, -0.05) is 30.3 Å². The highest BCUT2D eigenvalue weighted by molar-refractivity contribution is 5.82. The van der Waals surface area contributed by atoms with Crippen LogP contribution in [0.15, 0.2) is 36.4 Å². The molecule has 0 fully saturated rings. The molecular weight excluding hydrogens is 188 g/mol. The number of rotatable bonds is 1. The van der Waals surface area contributed by atoms with Crippen molar-refractivity contribution in [2.45, 2.75) is 6.92 Å². The number of nitrogens with one attached hydrogen (secondary N) is 1. The molecule has 2 rings (SSSR count). The fraction of sp³-hybridized carbons (Fsp3) is 0.0909. The highest BCUT2D eigenvalue weighted by Gasteiger charge is 2.08. The van der Waals surface area contributed by atoms with Crippen molar-refractivity contribution in [1.82, 2.24) is 9.78 Å². The molecule has 0 aliphatic rings. The van der Waals surface area contributed by atoms with Crippen molar-refractivity contribution in [3.63, 3.8) is 0 Å². The zero-order valence-electron chi connectivity index (χ0n) is 8.44. The zero-order chi connectivity index (χ0) is 10.8. The van der Waals surface area contributed by atoms with Crippen LogP contribution in [-0.2, 0) is 0 Å². The van der Waals surface area contributed by atoms with Crippen molar-refractivity contribution in [3.8, 4) is 11.3 Å². The topological polar surface area (TPSA) is 67.7 Å². The molecule has 0 amide bonds. The first-order valence-corrected chi connectivity index (χ1v) is 4.65. The third-order valence-corrected chi connectivity index (χ3v) is 2.13. The lowest BCUT2D eigenvalue weighted by Gasteiger charge is -2.03. The van der Waals surface area contributed by atoms with E-state index in [0.717, 1.165) is 17.0 Å². The monoisotopic (exact) mass is 200 g/mol. The van der Waals surface area contributed by atoms with E-state index >= 15 is 0 Å². The van der Waals surface area contributed by atoms with Gasteiger partial charge in [-0.25, -0.2) is 4.68 Å².